The predicted octanol–water partition coefficient (Wildman–Crippen LogP) is 5.89. The molecule has 0 amide bonds. The van der Waals surface area contributed by atoms with E-state index in [9.17, 15) is 0 Å². The molecule has 6 nitrogen and oxygen atoms in total. The summed E-state index contributed by atoms with van der Waals surface area (Å²) in [6.45, 7) is 5.71. The number of benzene rings is 1. The molecule has 0 aliphatic rings. The van der Waals surface area contributed by atoms with E-state index in [-0.39, 0.29) is 0 Å². The summed E-state index contributed by atoms with van der Waals surface area (Å²) in [5, 5.41) is 3.28. The van der Waals surface area contributed by atoms with Crippen LogP contribution in [0, 0.1) is 6.92 Å². The van der Waals surface area contributed by atoms with E-state index in [2.05, 4.69) is 67.0 Å². The van der Waals surface area contributed by atoms with E-state index < -0.39 is 0 Å². The van der Waals surface area contributed by atoms with Crippen molar-refractivity contribution in [2.45, 2.75) is 6.92 Å². The van der Waals surface area contributed by atoms with Gasteiger partial charge in [0.05, 0.1) is 22.2 Å². The first-order chi connectivity index (χ1) is 16.3. The Kier molecular flexibility index (Phi) is 4.36. The van der Waals surface area contributed by atoms with Gasteiger partial charge < -0.3 is 9.13 Å². The molecule has 1 aromatic carbocycles. The Balaban J connectivity index is 1.65. The van der Waals surface area contributed by atoms with Crippen LogP contribution in [-0.4, -0.2) is 30.8 Å². The molecule has 0 radical (unpaired) electrons. The molecule has 0 unspecified atom stereocenters. The molecule has 0 N–H and O–H groups in total. The molecule has 0 aliphatic carbocycles. The van der Waals surface area contributed by atoms with Gasteiger partial charge >= 0.3 is 0 Å². The smallest absolute Gasteiger partial charge is 0.0572 e. The van der Waals surface area contributed by atoms with Crippen LogP contribution in [0.2, 0.25) is 0 Å². The molecule has 0 saturated carbocycles. The highest BCUT2D eigenvalue weighted by Crippen LogP contribution is 2.33. The summed E-state index contributed by atoms with van der Waals surface area (Å²) in [7, 11) is 0. The van der Waals surface area contributed by atoms with Gasteiger partial charge in [-0.3, -0.25) is 19.9 Å². The van der Waals surface area contributed by atoms with E-state index >= 15 is 0 Å². The van der Waals surface area contributed by atoms with Crippen molar-refractivity contribution >= 4 is 45.5 Å². The van der Waals surface area contributed by atoms with E-state index in [1.165, 1.54) is 0 Å². The summed E-state index contributed by atoms with van der Waals surface area (Å²) >= 11 is 0. The maximum absolute atomic E-state index is 4.34. The van der Waals surface area contributed by atoms with Crippen molar-refractivity contribution in [3.05, 3.63) is 97.1 Å². The fraction of sp³-hybridized carbons (Fsp3) is 0.0370. The van der Waals surface area contributed by atoms with Crippen LogP contribution >= 0.6 is 0 Å². The molecule has 33 heavy (non-hydrogen) atoms. The van der Waals surface area contributed by atoms with Crippen LogP contribution in [0.1, 0.15) is 11.3 Å². The first kappa shape index (κ1) is 19.1. The van der Waals surface area contributed by atoms with Gasteiger partial charge in [-0.2, -0.15) is 0 Å². The largest absolute Gasteiger partial charge is 0.309 e. The Morgan fingerprint density at radius 3 is 1.91 bits per heavy atom. The van der Waals surface area contributed by atoms with Crippen LogP contribution in [0.4, 0.5) is 0 Å². The number of aliphatic imine (C=N–C) groups is 1. The second kappa shape index (κ2) is 7.53. The van der Waals surface area contributed by atoms with E-state index in [0.717, 1.165) is 55.3 Å². The van der Waals surface area contributed by atoms with Gasteiger partial charge in [0.15, 0.2) is 0 Å². The number of hydrogen-bond donors (Lipinski definition) is 0. The average molecular weight is 428 g/mol. The van der Waals surface area contributed by atoms with Crippen LogP contribution in [0.15, 0.2) is 90.8 Å². The molecule has 6 rings (SSSR count). The molecular formula is C27H20N6. The predicted molar refractivity (Wildman–Crippen MR) is 134 cm³/mol. The van der Waals surface area contributed by atoms with Gasteiger partial charge in [-0.05, 0) is 61.7 Å². The quantitative estimate of drug-likeness (QED) is 0.329. The third-order valence-electron chi connectivity index (χ3n) is 6.12. The highest BCUT2D eigenvalue weighted by Gasteiger charge is 2.16. The van der Waals surface area contributed by atoms with Crippen LogP contribution in [0.5, 0.6) is 0 Å². The van der Waals surface area contributed by atoms with Gasteiger partial charge in [0.1, 0.15) is 0 Å². The zero-order chi connectivity index (χ0) is 22.4. The number of pyridine rings is 3. The van der Waals surface area contributed by atoms with Crippen LogP contribution in [-0.2, 0) is 0 Å². The molecule has 158 valence electrons. The SMILES string of the molecule is C=N/C=C\c1c(C)c2cnccc2n1-c1cccc(-n2c3ccncc3c3cnccc32)c1. The lowest BCUT2D eigenvalue weighted by atomic mass is 10.2. The lowest BCUT2D eigenvalue weighted by Crippen LogP contribution is -2.00. The zero-order valence-electron chi connectivity index (χ0n) is 18.1. The molecule has 0 spiro atoms. The molecule has 6 heteroatoms. The lowest BCUT2D eigenvalue weighted by molar-refractivity contribution is 1.08. The summed E-state index contributed by atoms with van der Waals surface area (Å²) in [4.78, 5) is 16.9. The summed E-state index contributed by atoms with van der Waals surface area (Å²) in [5.41, 5.74) is 7.61. The molecule has 0 fully saturated rings. The van der Waals surface area contributed by atoms with E-state index in [1.54, 1.807) is 6.20 Å². The topological polar surface area (TPSA) is 60.9 Å². The minimum Gasteiger partial charge on any atom is -0.309 e. The van der Waals surface area contributed by atoms with Crippen molar-refractivity contribution in [1.82, 2.24) is 24.1 Å². The number of rotatable bonds is 4. The van der Waals surface area contributed by atoms with Crippen molar-refractivity contribution in [1.29, 1.82) is 0 Å². The van der Waals surface area contributed by atoms with Crippen molar-refractivity contribution in [2.75, 3.05) is 0 Å². The molecule has 6 aromatic rings. The Labute approximate surface area is 190 Å². The van der Waals surface area contributed by atoms with Gasteiger partial charge in [-0.15, -0.1) is 0 Å². The lowest BCUT2D eigenvalue weighted by Gasteiger charge is -2.13. The Hall–Kier alpha value is -4.58. The molecule has 5 heterocycles. The minimum absolute atomic E-state index is 1.05. The van der Waals surface area contributed by atoms with Gasteiger partial charge in [-0.25, -0.2) is 0 Å². The van der Waals surface area contributed by atoms with Gasteiger partial charge in [0, 0.05) is 70.9 Å². The van der Waals surface area contributed by atoms with E-state index in [4.69, 9.17) is 0 Å². The maximum atomic E-state index is 4.34. The van der Waals surface area contributed by atoms with Crippen molar-refractivity contribution < 1.29 is 0 Å². The fourth-order valence-electron chi connectivity index (χ4n) is 4.67. The van der Waals surface area contributed by atoms with Crippen LogP contribution < -0.4 is 0 Å². The van der Waals surface area contributed by atoms with Crippen molar-refractivity contribution in [2.24, 2.45) is 4.99 Å². The minimum atomic E-state index is 1.05. The van der Waals surface area contributed by atoms with Crippen molar-refractivity contribution in [3.63, 3.8) is 0 Å². The Morgan fingerprint density at radius 2 is 1.30 bits per heavy atom. The first-order valence-corrected chi connectivity index (χ1v) is 10.6. The monoisotopic (exact) mass is 428 g/mol. The van der Waals surface area contributed by atoms with Gasteiger partial charge in [-0.1, -0.05) is 6.07 Å². The number of aryl methyl sites for hydroxylation is 1. The van der Waals surface area contributed by atoms with Crippen molar-refractivity contribution in [3.8, 4) is 11.4 Å². The molecule has 0 aliphatic heterocycles. The summed E-state index contributed by atoms with van der Waals surface area (Å²) in [6.07, 6.45) is 14.9. The number of nitrogens with zero attached hydrogens (tertiary/aromatic N) is 6. The second-order valence-corrected chi connectivity index (χ2v) is 7.88. The van der Waals surface area contributed by atoms with Crippen LogP contribution in [0.3, 0.4) is 0 Å². The zero-order valence-corrected chi connectivity index (χ0v) is 18.1. The number of fused-ring (bicyclic) bond motifs is 4. The third kappa shape index (κ3) is 2.88. The van der Waals surface area contributed by atoms with E-state index in [1.807, 2.05) is 61.5 Å². The van der Waals surface area contributed by atoms with Crippen LogP contribution in [0.25, 0.3) is 50.2 Å². The standard InChI is InChI=1S/C27H20N6/c1-18-21-15-29-11-7-25(21)32(24(18)6-10-28-2)19-4-3-5-20(14-19)33-26-8-12-30-16-22(26)23-17-31-13-9-27(23)33/h3-17H,2H2,1H3/b10-6-. The molecule has 5 aromatic heterocycles. The Bertz CT molecular complexity index is 1650. The molecule has 0 bridgehead atoms. The number of hydrogen-bond acceptors (Lipinski definition) is 4. The molecule has 0 saturated heterocycles. The number of aromatic nitrogens is 5. The first-order valence-electron chi connectivity index (χ1n) is 10.6. The fourth-order valence-corrected chi connectivity index (χ4v) is 4.67. The van der Waals surface area contributed by atoms with E-state index in [0.29, 0.717) is 0 Å². The summed E-state index contributed by atoms with van der Waals surface area (Å²) in [6, 6.07) is 14.7. The average Bonchev–Trinajstić information content (AvgIpc) is 3.35. The summed E-state index contributed by atoms with van der Waals surface area (Å²) in [5.74, 6) is 0. The van der Waals surface area contributed by atoms with Gasteiger partial charge in [0.2, 0.25) is 0 Å². The molecular weight excluding hydrogens is 408 g/mol. The van der Waals surface area contributed by atoms with Gasteiger partial charge in [0.25, 0.3) is 0 Å². The highest BCUT2D eigenvalue weighted by atomic mass is 15.0. The summed E-state index contributed by atoms with van der Waals surface area (Å²) < 4.78 is 4.51. The Morgan fingerprint density at radius 1 is 0.758 bits per heavy atom. The molecule has 0 atom stereocenters. The third-order valence-corrected chi connectivity index (χ3v) is 6.12. The normalized spacial score (nSPS) is 11.8. The highest BCUT2D eigenvalue weighted by molar-refractivity contribution is 6.08. The second-order valence-electron chi connectivity index (χ2n) is 7.88. The maximum Gasteiger partial charge on any atom is 0.0572 e.